The highest BCUT2D eigenvalue weighted by molar-refractivity contribution is 5.85. The normalized spacial score (nSPS) is 11.0. The van der Waals surface area contributed by atoms with Crippen molar-refractivity contribution in [3.63, 3.8) is 0 Å². The number of nitrogens with two attached hydrogens (primary N) is 2. The molecule has 1 aromatic carbocycles. The zero-order chi connectivity index (χ0) is 9.14. The fourth-order valence-corrected chi connectivity index (χ4v) is 1.12. The molecule has 0 spiro atoms. The Morgan fingerprint density at radius 3 is 2.36 bits per heavy atom. The fourth-order valence-electron chi connectivity index (χ4n) is 1.12. The number of hydrogen-bond acceptors (Lipinski definition) is 3. The van der Waals surface area contributed by atoms with Crippen LogP contribution < -0.4 is 11.5 Å². The number of benzene rings is 1. The van der Waals surface area contributed by atoms with Crippen molar-refractivity contribution in [1.29, 1.82) is 0 Å². The average molecular weight is 239 g/mol. The van der Waals surface area contributed by atoms with E-state index in [2.05, 4.69) is 0 Å². The molecule has 0 saturated carbocycles. The van der Waals surface area contributed by atoms with E-state index < -0.39 is 0 Å². The first-order valence-electron chi connectivity index (χ1n) is 3.91. The van der Waals surface area contributed by atoms with Gasteiger partial charge in [-0.2, -0.15) is 0 Å². The van der Waals surface area contributed by atoms with Gasteiger partial charge in [-0.3, -0.25) is 0 Å². The minimum atomic E-state index is -0.380. The largest absolute Gasteiger partial charge is 0.399 e. The molecule has 0 aliphatic heterocycles. The molecule has 0 aliphatic carbocycles. The predicted octanol–water partition coefficient (Wildman–Crippen LogP) is 1.62. The van der Waals surface area contributed by atoms with Crippen LogP contribution in [0.15, 0.2) is 18.2 Å². The van der Waals surface area contributed by atoms with Crippen LogP contribution in [0.1, 0.15) is 12.5 Å². The Labute approximate surface area is 96.3 Å². The molecule has 0 heterocycles. The van der Waals surface area contributed by atoms with Crippen molar-refractivity contribution in [2.24, 2.45) is 0 Å². The smallest absolute Gasteiger partial charge is 0.0553 e. The second kappa shape index (κ2) is 6.76. The molecule has 14 heavy (non-hydrogen) atoms. The van der Waals surface area contributed by atoms with E-state index in [9.17, 15) is 0 Å². The molecule has 0 aliphatic rings. The van der Waals surface area contributed by atoms with Crippen LogP contribution in [0.25, 0.3) is 0 Å². The Hall–Kier alpha value is -0.640. The fraction of sp³-hybridized carbons (Fsp3) is 0.333. The topological polar surface area (TPSA) is 72.3 Å². The molecule has 0 radical (unpaired) electrons. The zero-order valence-electron chi connectivity index (χ0n) is 7.93. The van der Waals surface area contributed by atoms with Crippen LogP contribution in [0.2, 0.25) is 0 Å². The van der Waals surface area contributed by atoms with Gasteiger partial charge in [-0.25, -0.2) is 0 Å². The highest BCUT2D eigenvalue weighted by atomic mass is 35.5. The number of nitrogen functional groups attached to an aromatic ring is 2. The predicted molar refractivity (Wildman–Crippen MR) is 65.1 cm³/mol. The highest BCUT2D eigenvalue weighted by Gasteiger charge is 2.02. The first-order chi connectivity index (χ1) is 5.59. The van der Waals surface area contributed by atoms with E-state index in [1.165, 1.54) is 0 Å². The Balaban J connectivity index is 0. The van der Waals surface area contributed by atoms with E-state index in [4.69, 9.17) is 16.6 Å². The van der Waals surface area contributed by atoms with Crippen molar-refractivity contribution >= 4 is 36.2 Å². The van der Waals surface area contributed by atoms with Crippen molar-refractivity contribution in [2.75, 3.05) is 11.5 Å². The molecule has 0 amide bonds. The van der Waals surface area contributed by atoms with Gasteiger partial charge >= 0.3 is 0 Å². The van der Waals surface area contributed by atoms with E-state index in [0.717, 1.165) is 5.56 Å². The minimum absolute atomic E-state index is 0. The average Bonchev–Trinajstić information content (AvgIpc) is 1.96. The number of anilines is 2. The SMILES string of the molecule is CC(O)Cc1cc(N)ccc1N.Cl.Cl. The van der Waals surface area contributed by atoms with Gasteiger partial charge in [-0.15, -0.1) is 24.8 Å². The summed E-state index contributed by atoms with van der Waals surface area (Å²) >= 11 is 0. The molecule has 0 fully saturated rings. The van der Waals surface area contributed by atoms with Gasteiger partial charge in [0.1, 0.15) is 0 Å². The molecular formula is C9H16Cl2N2O. The van der Waals surface area contributed by atoms with Crippen LogP contribution in [-0.4, -0.2) is 11.2 Å². The van der Waals surface area contributed by atoms with E-state index in [0.29, 0.717) is 17.8 Å². The third-order valence-electron chi connectivity index (χ3n) is 1.68. The molecule has 1 rings (SSSR count). The number of rotatable bonds is 2. The van der Waals surface area contributed by atoms with Gasteiger partial charge in [0.2, 0.25) is 0 Å². The monoisotopic (exact) mass is 238 g/mol. The molecule has 0 bridgehead atoms. The number of hydrogen-bond donors (Lipinski definition) is 3. The van der Waals surface area contributed by atoms with Gasteiger partial charge in [-0.1, -0.05) is 0 Å². The molecular weight excluding hydrogens is 223 g/mol. The van der Waals surface area contributed by atoms with Crippen LogP contribution >= 0.6 is 24.8 Å². The Kier molecular flexibility index (Phi) is 7.64. The Morgan fingerprint density at radius 2 is 1.86 bits per heavy atom. The molecule has 1 atom stereocenters. The van der Waals surface area contributed by atoms with E-state index in [1.807, 2.05) is 0 Å². The molecule has 1 unspecified atom stereocenters. The maximum Gasteiger partial charge on any atom is 0.0553 e. The summed E-state index contributed by atoms with van der Waals surface area (Å²) in [5, 5.41) is 9.12. The van der Waals surface area contributed by atoms with Gasteiger partial charge in [0.25, 0.3) is 0 Å². The summed E-state index contributed by atoms with van der Waals surface area (Å²) in [6, 6.07) is 5.30. The number of aliphatic hydroxyl groups is 1. The quantitative estimate of drug-likeness (QED) is 0.686. The summed E-state index contributed by atoms with van der Waals surface area (Å²) in [5.74, 6) is 0. The second-order valence-corrected chi connectivity index (χ2v) is 3.01. The standard InChI is InChI=1S/C9H14N2O.2ClH/c1-6(12)4-7-5-8(10)2-3-9(7)11;;/h2-3,5-6,12H,4,10-11H2,1H3;2*1H. The lowest BCUT2D eigenvalue weighted by Crippen LogP contribution is -2.07. The van der Waals surface area contributed by atoms with E-state index in [1.54, 1.807) is 25.1 Å². The summed E-state index contributed by atoms with van der Waals surface area (Å²) in [6.45, 7) is 1.72. The molecule has 0 saturated heterocycles. The molecule has 5 N–H and O–H groups in total. The third-order valence-corrected chi connectivity index (χ3v) is 1.68. The van der Waals surface area contributed by atoms with Crippen LogP contribution in [0.4, 0.5) is 11.4 Å². The zero-order valence-corrected chi connectivity index (χ0v) is 9.57. The first-order valence-corrected chi connectivity index (χ1v) is 3.91. The number of aliphatic hydroxyl groups excluding tert-OH is 1. The summed E-state index contributed by atoms with van der Waals surface area (Å²) in [4.78, 5) is 0. The van der Waals surface area contributed by atoms with E-state index in [-0.39, 0.29) is 30.9 Å². The van der Waals surface area contributed by atoms with Gasteiger partial charge < -0.3 is 16.6 Å². The van der Waals surface area contributed by atoms with Crippen LogP contribution in [0.5, 0.6) is 0 Å². The maximum absolute atomic E-state index is 9.12. The van der Waals surface area contributed by atoms with Gasteiger partial charge in [-0.05, 0) is 30.7 Å². The molecule has 3 nitrogen and oxygen atoms in total. The third kappa shape index (κ3) is 4.56. The lowest BCUT2D eigenvalue weighted by Gasteiger charge is -2.08. The summed E-state index contributed by atoms with van der Waals surface area (Å²) in [5.41, 5.74) is 13.5. The highest BCUT2D eigenvalue weighted by Crippen LogP contribution is 2.16. The minimum Gasteiger partial charge on any atom is -0.399 e. The molecule has 5 heteroatoms. The molecule has 1 aromatic rings. The van der Waals surface area contributed by atoms with Gasteiger partial charge in [0.15, 0.2) is 0 Å². The van der Waals surface area contributed by atoms with Gasteiger partial charge in [0.05, 0.1) is 6.10 Å². The van der Waals surface area contributed by atoms with Crippen LogP contribution in [-0.2, 0) is 6.42 Å². The van der Waals surface area contributed by atoms with E-state index >= 15 is 0 Å². The number of halogens is 2. The van der Waals surface area contributed by atoms with Crippen LogP contribution in [0.3, 0.4) is 0 Å². The Bertz CT molecular complexity index is 280. The van der Waals surface area contributed by atoms with Crippen molar-refractivity contribution in [1.82, 2.24) is 0 Å². The molecule has 0 aromatic heterocycles. The first kappa shape index (κ1) is 15.8. The van der Waals surface area contributed by atoms with Crippen molar-refractivity contribution in [2.45, 2.75) is 19.4 Å². The van der Waals surface area contributed by atoms with Crippen molar-refractivity contribution < 1.29 is 5.11 Å². The van der Waals surface area contributed by atoms with Crippen molar-refractivity contribution in [3.8, 4) is 0 Å². The summed E-state index contributed by atoms with van der Waals surface area (Å²) in [7, 11) is 0. The maximum atomic E-state index is 9.12. The lowest BCUT2D eigenvalue weighted by molar-refractivity contribution is 0.195. The summed E-state index contributed by atoms with van der Waals surface area (Å²) in [6.07, 6.45) is 0.172. The van der Waals surface area contributed by atoms with Crippen LogP contribution in [0, 0.1) is 0 Å². The lowest BCUT2D eigenvalue weighted by atomic mass is 10.1. The second-order valence-electron chi connectivity index (χ2n) is 3.01. The van der Waals surface area contributed by atoms with Gasteiger partial charge in [0, 0.05) is 17.8 Å². The Morgan fingerprint density at radius 1 is 1.29 bits per heavy atom. The van der Waals surface area contributed by atoms with Crippen molar-refractivity contribution in [3.05, 3.63) is 23.8 Å². The summed E-state index contributed by atoms with van der Waals surface area (Å²) < 4.78 is 0. The molecule has 82 valence electrons.